The van der Waals surface area contributed by atoms with Gasteiger partial charge >= 0.3 is 5.97 Å². The van der Waals surface area contributed by atoms with Gasteiger partial charge in [-0.25, -0.2) is 9.18 Å². The molecule has 2 rings (SSSR count). The van der Waals surface area contributed by atoms with E-state index in [4.69, 9.17) is 5.11 Å². The van der Waals surface area contributed by atoms with Crippen LogP contribution in [0.4, 0.5) is 10.1 Å². The Morgan fingerprint density at radius 1 is 1.29 bits per heavy atom. The molecule has 0 aliphatic carbocycles. The van der Waals surface area contributed by atoms with Gasteiger partial charge in [0.2, 0.25) is 5.91 Å². The minimum Gasteiger partial charge on any atom is -0.478 e. The largest absolute Gasteiger partial charge is 0.478 e. The molecule has 1 heterocycles. The van der Waals surface area contributed by atoms with Crippen molar-refractivity contribution in [3.05, 3.63) is 52.0 Å². The van der Waals surface area contributed by atoms with E-state index in [2.05, 4.69) is 5.32 Å². The fourth-order valence-electron chi connectivity index (χ4n) is 1.90. The molecule has 110 valence electrons. The van der Waals surface area contributed by atoms with Gasteiger partial charge in [0.15, 0.2) is 0 Å². The lowest BCUT2D eigenvalue weighted by atomic mass is 10.1. The molecule has 0 fully saturated rings. The summed E-state index contributed by atoms with van der Waals surface area (Å²) in [6, 6.07) is 7.15. The third kappa shape index (κ3) is 4.39. The maximum Gasteiger partial charge on any atom is 0.337 e. The minimum atomic E-state index is -1.20. The SMILES string of the molecule is O=C(CCCc1cccs1)Nc1cc(F)ccc1C(=O)O. The monoisotopic (exact) mass is 307 g/mol. The lowest BCUT2D eigenvalue weighted by Crippen LogP contribution is -2.14. The average molecular weight is 307 g/mol. The third-order valence-corrected chi connectivity index (χ3v) is 3.83. The highest BCUT2D eigenvalue weighted by Crippen LogP contribution is 2.18. The molecule has 4 nitrogen and oxygen atoms in total. The van der Waals surface area contributed by atoms with E-state index in [-0.39, 0.29) is 23.6 Å². The molecule has 2 aromatic rings. The molecular formula is C15H14FNO3S. The predicted octanol–water partition coefficient (Wildman–Crippen LogP) is 3.55. The summed E-state index contributed by atoms with van der Waals surface area (Å²) in [5.41, 5.74) is -0.133. The van der Waals surface area contributed by atoms with E-state index in [1.807, 2.05) is 17.5 Å². The molecule has 0 saturated carbocycles. The maximum absolute atomic E-state index is 13.2. The number of carboxylic acids is 1. The predicted molar refractivity (Wildman–Crippen MR) is 79.2 cm³/mol. The molecule has 0 aliphatic heterocycles. The van der Waals surface area contributed by atoms with Gasteiger partial charge in [-0.3, -0.25) is 4.79 Å². The highest BCUT2D eigenvalue weighted by atomic mass is 32.1. The number of anilines is 1. The topological polar surface area (TPSA) is 66.4 Å². The Morgan fingerprint density at radius 2 is 2.10 bits per heavy atom. The van der Waals surface area contributed by atoms with Gasteiger partial charge in [0.1, 0.15) is 5.82 Å². The van der Waals surface area contributed by atoms with Crippen molar-refractivity contribution in [2.75, 3.05) is 5.32 Å². The average Bonchev–Trinajstić information content (AvgIpc) is 2.91. The standard InChI is InChI=1S/C15H14FNO3S/c16-10-6-7-12(15(19)20)13(9-10)17-14(18)5-1-3-11-4-2-8-21-11/h2,4,6-9H,1,3,5H2,(H,17,18)(H,19,20). The van der Waals surface area contributed by atoms with Gasteiger partial charge in [-0.2, -0.15) is 0 Å². The minimum absolute atomic E-state index is 0.0105. The first kappa shape index (κ1) is 15.2. The number of carbonyl (C=O) groups excluding carboxylic acids is 1. The Bertz CT molecular complexity index is 640. The summed E-state index contributed by atoms with van der Waals surface area (Å²) < 4.78 is 13.2. The smallest absolute Gasteiger partial charge is 0.337 e. The van der Waals surface area contributed by atoms with E-state index < -0.39 is 11.8 Å². The summed E-state index contributed by atoms with van der Waals surface area (Å²) in [6.45, 7) is 0. The number of aryl methyl sites for hydroxylation is 1. The zero-order valence-corrected chi connectivity index (χ0v) is 12.0. The van der Waals surface area contributed by atoms with Crippen molar-refractivity contribution in [1.29, 1.82) is 0 Å². The second-order valence-corrected chi connectivity index (χ2v) is 5.51. The van der Waals surface area contributed by atoms with Gasteiger partial charge in [-0.15, -0.1) is 11.3 Å². The van der Waals surface area contributed by atoms with E-state index in [0.29, 0.717) is 6.42 Å². The third-order valence-electron chi connectivity index (χ3n) is 2.89. The Labute approximate surface area is 125 Å². The van der Waals surface area contributed by atoms with Crippen LogP contribution in [0.15, 0.2) is 35.7 Å². The van der Waals surface area contributed by atoms with Crippen LogP contribution < -0.4 is 5.32 Å². The van der Waals surface area contributed by atoms with Crippen molar-refractivity contribution >= 4 is 28.9 Å². The van der Waals surface area contributed by atoms with Crippen LogP contribution in [0.25, 0.3) is 0 Å². The maximum atomic E-state index is 13.2. The molecule has 0 unspecified atom stereocenters. The van der Waals surface area contributed by atoms with Crippen molar-refractivity contribution in [3.63, 3.8) is 0 Å². The lowest BCUT2D eigenvalue weighted by Gasteiger charge is -2.08. The highest BCUT2D eigenvalue weighted by Gasteiger charge is 2.13. The fourth-order valence-corrected chi connectivity index (χ4v) is 2.65. The molecule has 21 heavy (non-hydrogen) atoms. The Balaban J connectivity index is 1.93. The number of amides is 1. The van der Waals surface area contributed by atoms with Crippen LogP contribution >= 0.6 is 11.3 Å². The number of carboxylic acid groups (broad SMARTS) is 1. The highest BCUT2D eigenvalue weighted by molar-refractivity contribution is 7.09. The van der Waals surface area contributed by atoms with E-state index in [0.717, 1.165) is 24.6 Å². The molecule has 1 aromatic heterocycles. The van der Waals surface area contributed by atoms with Crippen LogP contribution in [-0.4, -0.2) is 17.0 Å². The molecule has 0 saturated heterocycles. The summed E-state index contributed by atoms with van der Waals surface area (Å²) in [7, 11) is 0. The Morgan fingerprint density at radius 3 is 2.76 bits per heavy atom. The zero-order chi connectivity index (χ0) is 15.2. The second-order valence-electron chi connectivity index (χ2n) is 4.48. The number of hydrogen-bond acceptors (Lipinski definition) is 3. The van der Waals surface area contributed by atoms with Crippen LogP contribution in [0.1, 0.15) is 28.1 Å². The zero-order valence-electron chi connectivity index (χ0n) is 11.1. The van der Waals surface area contributed by atoms with Gasteiger partial charge in [0, 0.05) is 11.3 Å². The van der Waals surface area contributed by atoms with Crippen molar-refractivity contribution < 1.29 is 19.1 Å². The number of nitrogens with one attached hydrogen (secondary N) is 1. The van der Waals surface area contributed by atoms with Crippen molar-refractivity contribution in [2.45, 2.75) is 19.3 Å². The number of thiophene rings is 1. The van der Waals surface area contributed by atoms with Crippen LogP contribution in [0.5, 0.6) is 0 Å². The second kappa shape index (κ2) is 6.99. The normalized spacial score (nSPS) is 10.3. The van der Waals surface area contributed by atoms with E-state index in [1.165, 1.54) is 4.88 Å². The van der Waals surface area contributed by atoms with Crippen LogP contribution in [0, 0.1) is 5.82 Å². The van der Waals surface area contributed by atoms with E-state index >= 15 is 0 Å². The molecule has 0 radical (unpaired) electrons. The van der Waals surface area contributed by atoms with Crippen LogP contribution in [0.3, 0.4) is 0 Å². The van der Waals surface area contributed by atoms with Gasteiger partial charge in [-0.05, 0) is 42.5 Å². The lowest BCUT2D eigenvalue weighted by molar-refractivity contribution is -0.116. The molecule has 0 aliphatic rings. The van der Waals surface area contributed by atoms with Crippen LogP contribution in [-0.2, 0) is 11.2 Å². The number of aromatic carboxylic acids is 1. The van der Waals surface area contributed by atoms with Crippen molar-refractivity contribution in [2.24, 2.45) is 0 Å². The molecule has 1 aromatic carbocycles. The van der Waals surface area contributed by atoms with Crippen molar-refractivity contribution in [1.82, 2.24) is 0 Å². The van der Waals surface area contributed by atoms with E-state index in [9.17, 15) is 14.0 Å². The van der Waals surface area contributed by atoms with Crippen LogP contribution in [0.2, 0.25) is 0 Å². The molecule has 0 spiro atoms. The molecule has 2 N–H and O–H groups in total. The summed E-state index contributed by atoms with van der Waals surface area (Å²) in [4.78, 5) is 24.0. The number of hydrogen-bond donors (Lipinski definition) is 2. The number of carbonyl (C=O) groups is 2. The first-order valence-electron chi connectivity index (χ1n) is 6.41. The first-order valence-corrected chi connectivity index (χ1v) is 7.29. The summed E-state index contributed by atoms with van der Waals surface area (Å²) in [5.74, 6) is -2.11. The molecular weight excluding hydrogens is 293 g/mol. The molecule has 0 atom stereocenters. The van der Waals surface area contributed by atoms with Gasteiger partial charge < -0.3 is 10.4 Å². The van der Waals surface area contributed by atoms with E-state index in [1.54, 1.807) is 11.3 Å². The van der Waals surface area contributed by atoms with Gasteiger partial charge in [0.25, 0.3) is 0 Å². The molecule has 0 bridgehead atoms. The first-order chi connectivity index (χ1) is 10.1. The number of rotatable bonds is 6. The Kier molecular flexibility index (Phi) is 5.05. The summed E-state index contributed by atoms with van der Waals surface area (Å²) >= 11 is 1.63. The fraction of sp³-hybridized carbons (Fsp3) is 0.200. The Hall–Kier alpha value is -2.21. The number of benzene rings is 1. The van der Waals surface area contributed by atoms with Crippen molar-refractivity contribution in [3.8, 4) is 0 Å². The molecule has 6 heteroatoms. The molecule has 1 amide bonds. The van der Waals surface area contributed by atoms with Gasteiger partial charge in [0.05, 0.1) is 11.3 Å². The van der Waals surface area contributed by atoms with Gasteiger partial charge in [-0.1, -0.05) is 6.07 Å². The summed E-state index contributed by atoms with van der Waals surface area (Å²) in [5, 5.41) is 13.4. The quantitative estimate of drug-likeness (QED) is 0.857. The summed E-state index contributed by atoms with van der Waals surface area (Å²) in [6.07, 6.45) is 1.71. The number of halogens is 1.